The molecule has 0 aliphatic carbocycles. The molecule has 6 heteroatoms. The minimum absolute atomic E-state index is 0.0495. The summed E-state index contributed by atoms with van der Waals surface area (Å²) in [5.41, 5.74) is 5.08. The van der Waals surface area contributed by atoms with Gasteiger partial charge in [0.05, 0.1) is 21.8 Å². The van der Waals surface area contributed by atoms with E-state index in [1.807, 2.05) is 24.3 Å². The first kappa shape index (κ1) is 23.2. The summed E-state index contributed by atoms with van der Waals surface area (Å²) in [6, 6.07) is 14.0. The Morgan fingerprint density at radius 3 is 2.29 bits per heavy atom. The number of carbonyl (C=O) groups excluding carboxylic acids is 1. The van der Waals surface area contributed by atoms with Crippen LogP contribution >= 0.6 is 0 Å². The number of anilines is 1. The van der Waals surface area contributed by atoms with Crippen molar-refractivity contribution >= 4 is 33.4 Å². The van der Waals surface area contributed by atoms with Gasteiger partial charge < -0.3 is 10.3 Å². The highest BCUT2D eigenvalue weighted by molar-refractivity contribution is 7.84. The molecule has 1 aromatic heterocycles. The van der Waals surface area contributed by atoms with Crippen molar-refractivity contribution in [2.45, 2.75) is 70.4 Å². The Bertz CT molecular complexity index is 997. The van der Waals surface area contributed by atoms with Crippen LogP contribution in [0.5, 0.6) is 0 Å². The molecule has 0 spiro atoms. The molecule has 0 radical (unpaired) electrons. The highest BCUT2D eigenvalue weighted by Crippen LogP contribution is 2.32. The lowest BCUT2D eigenvalue weighted by molar-refractivity contribution is -0.116. The summed E-state index contributed by atoms with van der Waals surface area (Å²) in [7, 11) is -1.15. The molecule has 0 saturated carbocycles. The molecule has 1 atom stereocenters. The fraction of sp³-hybridized carbons (Fsp3) is 0.440. The molecule has 1 heterocycles. The van der Waals surface area contributed by atoms with E-state index in [4.69, 9.17) is 0 Å². The molecule has 0 saturated heterocycles. The number of hydrogen-bond donors (Lipinski definition) is 2. The predicted molar refractivity (Wildman–Crippen MR) is 129 cm³/mol. The standard InChI is InChI=1S/C25H33N3O2S/c1-17(2)19-11-10-12-20(18(3)4)24(19)28-23(29)15-6-5-9-16-31(30)25-26-21-13-7-8-14-22(21)27-25/h7-8,10-14,17-18H,5-6,9,15-16H2,1-4H3,(H,26,27)(H,28,29). The van der Waals surface area contributed by atoms with Crippen LogP contribution in [0.2, 0.25) is 0 Å². The van der Waals surface area contributed by atoms with E-state index in [1.54, 1.807) is 0 Å². The number of unbranched alkanes of at least 4 members (excludes halogenated alkanes) is 2. The third-order valence-electron chi connectivity index (χ3n) is 5.45. The van der Waals surface area contributed by atoms with E-state index in [1.165, 1.54) is 11.1 Å². The maximum absolute atomic E-state index is 12.6. The number of H-pyrrole nitrogens is 1. The number of rotatable bonds is 10. The molecule has 166 valence electrons. The first-order valence-electron chi connectivity index (χ1n) is 11.1. The average molecular weight is 440 g/mol. The number of para-hydroxylation sites is 3. The zero-order chi connectivity index (χ0) is 22.4. The van der Waals surface area contributed by atoms with Crippen molar-refractivity contribution in [2.24, 2.45) is 0 Å². The van der Waals surface area contributed by atoms with Gasteiger partial charge in [-0.1, -0.05) is 64.4 Å². The molecular weight excluding hydrogens is 406 g/mol. The Morgan fingerprint density at radius 2 is 1.65 bits per heavy atom. The highest BCUT2D eigenvalue weighted by atomic mass is 32.2. The Labute approximate surface area is 187 Å². The highest BCUT2D eigenvalue weighted by Gasteiger charge is 2.16. The van der Waals surface area contributed by atoms with Crippen LogP contribution in [0.25, 0.3) is 11.0 Å². The lowest BCUT2D eigenvalue weighted by atomic mass is 9.92. The van der Waals surface area contributed by atoms with E-state index in [-0.39, 0.29) is 5.91 Å². The van der Waals surface area contributed by atoms with Crippen molar-refractivity contribution in [3.63, 3.8) is 0 Å². The van der Waals surface area contributed by atoms with Crippen molar-refractivity contribution in [1.29, 1.82) is 0 Å². The van der Waals surface area contributed by atoms with Crippen molar-refractivity contribution in [3.05, 3.63) is 53.6 Å². The van der Waals surface area contributed by atoms with E-state index in [9.17, 15) is 9.00 Å². The summed E-state index contributed by atoms with van der Waals surface area (Å²) >= 11 is 0. The first-order valence-corrected chi connectivity index (χ1v) is 12.4. The predicted octanol–water partition coefficient (Wildman–Crippen LogP) is 6.12. The monoisotopic (exact) mass is 439 g/mol. The minimum atomic E-state index is -1.15. The van der Waals surface area contributed by atoms with E-state index in [0.29, 0.717) is 29.2 Å². The van der Waals surface area contributed by atoms with Crippen molar-refractivity contribution in [3.8, 4) is 0 Å². The SMILES string of the molecule is CC(C)c1cccc(C(C)C)c1NC(=O)CCCCCS(=O)c1nc2ccccc2[nH]1. The molecule has 0 bridgehead atoms. The molecule has 0 fully saturated rings. The molecule has 3 rings (SSSR count). The Morgan fingerprint density at radius 1 is 0.968 bits per heavy atom. The lowest BCUT2D eigenvalue weighted by Crippen LogP contribution is -2.15. The van der Waals surface area contributed by atoms with Crippen LogP contribution in [0.1, 0.15) is 76.3 Å². The molecule has 5 nitrogen and oxygen atoms in total. The number of fused-ring (bicyclic) bond motifs is 1. The Hall–Kier alpha value is -2.47. The quantitative estimate of drug-likeness (QED) is 0.374. The molecule has 1 amide bonds. The van der Waals surface area contributed by atoms with E-state index in [2.05, 4.69) is 61.2 Å². The van der Waals surface area contributed by atoms with Crippen molar-refractivity contribution in [2.75, 3.05) is 11.1 Å². The maximum atomic E-state index is 12.6. The molecule has 2 N–H and O–H groups in total. The average Bonchev–Trinajstić information content (AvgIpc) is 3.17. The van der Waals surface area contributed by atoms with Crippen LogP contribution < -0.4 is 5.32 Å². The fourth-order valence-electron chi connectivity index (χ4n) is 3.73. The van der Waals surface area contributed by atoms with Gasteiger partial charge in [0.2, 0.25) is 5.91 Å². The molecular formula is C25H33N3O2S. The van der Waals surface area contributed by atoms with Gasteiger partial charge >= 0.3 is 0 Å². The zero-order valence-corrected chi connectivity index (χ0v) is 19.7. The van der Waals surface area contributed by atoms with Crippen LogP contribution in [0.15, 0.2) is 47.6 Å². The van der Waals surface area contributed by atoms with Crippen LogP contribution in [0, 0.1) is 0 Å². The number of carbonyl (C=O) groups is 1. The summed E-state index contributed by atoms with van der Waals surface area (Å²) in [4.78, 5) is 20.1. The van der Waals surface area contributed by atoms with Crippen LogP contribution in [0.4, 0.5) is 5.69 Å². The second kappa shape index (κ2) is 10.7. The summed E-state index contributed by atoms with van der Waals surface area (Å²) < 4.78 is 12.5. The van der Waals surface area contributed by atoms with Crippen LogP contribution in [-0.2, 0) is 15.6 Å². The number of aromatic nitrogens is 2. The molecule has 1 unspecified atom stereocenters. The van der Waals surface area contributed by atoms with E-state index < -0.39 is 10.8 Å². The second-order valence-electron chi connectivity index (χ2n) is 8.59. The summed E-state index contributed by atoms with van der Waals surface area (Å²) in [6.45, 7) is 8.60. The largest absolute Gasteiger partial charge is 0.331 e. The van der Waals surface area contributed by atoms with E-state index in [0.717, 1.165) is 36.0 Å². The van der Waals surface area contributed by atoms with Crippen LogP contribution in [0.3, 0.4) is 0 Å². The molecule has 3 aromatic rings. The maximum Gasteiger partial charge on any atom is 0.224 e. The molecule has 0 aliphatic rings. The third-order valence-corrected chi connectivity index (χ3v) is 6.74. The number of hydrogen-bond acceptors (Lipinski definition) is 3. The molecule has 2 aromatic carbocycles. The lowest BCUT2D eigenvalue weighted by Gasteiger charge is -2.20. The van der Waals surface area contributed by atoms with Gasteiger partial charge in [-0.2, -0.15) is 0 Å². The van der Waals surface area contributed by atoms with Gasteiger partial charge in [-0.05, 0) is 47.9 Å². The second-order valence-corrected chi connectivity index (χ2v) is 10.1. The van der Waals surface area contributed by atoms with Gasteiger partial charge in [-0.15, -0.1) is 0 Å². The van der Waals surface area contributed by atoms with Gasteiger partial charge in [0.15, 0.2) is 5.16 Å². The zero-order valence-electron chi connectivity index (χ0n) is 18.9. The van der Waals surface area contributed by atoms with Gasteiger partial charge in [0.25, 0.3) is 0 Å². The Kier molecular flexibility index (Phi) is 8.02. The number of aromatic amines is 1. The minimum Gasteiger partial charge on any atom is -0.331 e. The first-order chi connectivity index (χ1) is 14.9. The summed E-state index contributed by atoms with van der Waals surface area (Å²) in [6.07, 6.45) is 2.92. The third kappa shape index (κ3) is 6.03. The summed E-state index contributed by atoms with van der Waals surface area (Å²) in [5, 5.41) is 3.70. The number of nitrogens with zero attached hydrogens (tertiary/aromatic N) is 1. The number of nitrogens with one attached hydrogen (secondary N) is 2. The van der Waals surface area contributed by atoms with Gasteiger partial charge in [-0.25, -0.2) is 4.98 Å². The van der Waals surface area contributed by atoms with Crippen molar-refractivity contribution < 1.29 is 9.00 Å². The normalized spacial score (nSPS) is 12.6. The molecule has 0 aliphatic heterocycles. The Balaban J connectivity index is 1.47. The fourth-order valence-corrected chi connectivity index (χ4v) is 4.81. The van der Waals surface area contributed by atoms with Crippen molar-refractivity contribution in [1.82, 2.24) is 9.97 Å². The smallest absolute Gasteiger partial charge is 0.224 e. The van der Waals surface area contributed by atoms with Gasteiger partial charge in [0, 0.05) is 17.9 Å². The van der Waals surface area contributed by atoms with Crippen LogP contribution in [-0.4, -0.2) is 25.8 Å². The number of amides is 1. The van der Waals surface area contributed by atoms with Gasteiger partial charge in [0.1, 0.15) is 0 Å². The van der Waals surface area contributed by atoms with Gasteiger partial charge in [-0.3, -0.25) is 9.00 Å². The topological polar surface area (TPSA) is 74.8 Å². The number of benzene rings is 2. The molecule has 31 heavy (non-hydrogen) atoms. The summed E-state index contributed by atoms with van der Waals surface area (Å²) in [5.74, 6) is 1.30. The number of imidazole rings is 1. The van der Waals surface area contributed by atoms with E-state index >= 15 is 0 Å².